The Morgan fingerprint density at radius 3 is 2.50 bits per heavy atom. The van der Waals surface area contributed by atoms with Gasteiger partial charge in [-0.05, 0) is 34.4 Å². The summed E-state index contributed by atoms with van der Waals surface area (Å²) in [6.45, 7) is 4.90. The second-order valence-electron chi connectivity index (χ2n) is 9.45. The zero-order valence-corrected chi connectivity index (χ0v) is 21.4. The van der Waals surface area contributed by atoms with E-state index in [0.29, 0.717) is 26.1 Å². The molecule has 0 amide bonds. The van der Waals surface area contributed by atoms with Crippen LogP contribution in [0.1, 0.15) is 11.1 Å². The molecule has 8 nitrogen and oxygen atoms in total. The molecule has 2 heterocycles. The fraction of sp³-hybridized carbons (Fsp3) is 0.300. The van der Waals surface area contributed by atoms with E-state index in [9.17, 15) is 4.79 Å². The Morgan fingerprint density at radius 2 is 1.74 bits per heavy atom. The normalized spacial score (nSPS) is 14.8. The first kappa shape index (κ1) is 25.8. The van der Waals surface area contributed by atoms with Crippen LogP contribution in [-0.4, -0.2) is 66.3 Å². The van der Waals surface area contributed by atoms with Crippen LogP contribution in [0, 0.1) is 0 Å². The van der Waals surface area contributed by atoms with Gasteiger partial charge >= 0.3 is 5.97 Å². The molecule has 1 fully saturated rings. The molecule has 3 N–H and O–H groups in total. The van der Waals surface area contributed by atoms with Crippen LogP contribution < -0.4 is 11.1 Å². The van der Waals surface area contributed by atoms with Gasteiger partial charge in [0.2, 0.25) is 0 Å². The van der Waals surface area contributed by atoms with E-state index in [-0.39, 0.29) is 5.97 Å². The average molecular weight is 512 g/mol. The molecule has 1 aliphatic rings. The van der Waals surface area contributed by atoms with Crippen molar-refractivity contribution in [2.75, 3.05) is 44.8 Å². The molecule has 0 saturated carbocycles. The van der Waals surface area contributed by atoms with E-state index >= 15 is 0 Å². The molecule has 1 atom stereocenters. The molecular weight excluding hydrogens is 478 g/mol. The largest absolute Gasteiger partial charge is 0.463 e. The van der Waals surface area contributed by atoms with Gasteiger partial charge in [0.25, 0.3) is 0 Å². The lowest BCUT2D eigenvalue weighted by Gasteiger charge is -2.26. The standard InChI is InChI=1S/C30H33N5O3/c31-27(30(36)38-16-13-35-11-14-37-15-12-35)18-22-5-9-25(10-6-22)28-20-34-29(21-32-28)33-19-23-7-8-24-3-1-2-4-26(24)17-23/h1-10,17,20-21,27H,11-16,18-19,31H2,(H,33,34). The van der Waals surface area contributed by atoms with Crippen molar-refractivity contribution in [1.82, 2.24) is 14.9 Å². The average Bonchev–Trinajstić information content (AvgIpc) is 2.97. The molecule has 0 spiro atoms. The Labute approximate surface area is 222 Å². The highest BCUT2D eigenvalue weighted by molar-refractivity contribution is 5.83. The molecule has 38 heavy (non-hydrogen) atoms. The van der Waals surface area contributed by atoms with Crippen LogP contribution >= 0.6 is 0 Å². The Balaban J connectivity index is 1.09. The van der Waals surface area contributed by atoms with E-state index in [4.69, 9.17) is 15.2 Å². The third-order valence-electron chi connectivity index (χ3n) is 6.70. The Morgan fingerprint density at radius 1 is 0.974 bits per heavy atom. The molecule has 1 aromatic heterocycles. The van der Waals surface area contributed by atoms with E-state index in [1.54, 1.807) is 12.4 Å². The van der Waals surface area contributed by atoms with Crippen LogP contribution in [0.15, 0.2) is 79.1 Å². The van der Waals surface area contributed by atoms with Crippen molar-refractivity contribution in [2.24, 2.45) is 5.73 Å². The van der Waals surface area contributed by atoms with Gasteiger partial charge in [-0.25, -0.2) is 4.98 Å². The zero-order valence-electron chi connectivity index (χ0n) is 21.4. The molecule has 1 saturated heterocycles. The number of nitrogens with zero attached hydrogens (tertiary/aromatic N) is 3. The lowest BCUT2D eigenvalue weighted by Crippen LogP contribution is -2.40. The first-order valence-electron chi connectivity index (χ1n) is 13.0. The number of esters is 1. The van der Waals surface area contributed by atoms with Gasteiger partial charge < -0.3 is 20.5 Å². The maximum absolute atomic E-state index is 12.3. The number of aromatic nitrogens is 2. The highest BCUT2D eigenvalue weighted by atomic mass is 16.5. The lowest BCUT2D eigenvalue weighted by molar-refractivity contribution is -0.145. The molecule has 0 bridgehead atoms. The predicted molar refractivity (Wildman–Crippen MR) is 149 cm³/mol. The van der Waals surface area contributed by atoms with Crippen molar-refractivity contribution in [3.63, 3.8) is 0 Å². The van der Waals surface area contributed by atoms with Gasteiger partial charge in [0.05, 0.1) is 31.3 Å². The van der Waals surface area contributed by atoms with Crippen LogP contribution in [-0.2, 0) is 27.2 Å². The maximum Gasteiger partial charge on any atom is 0.323 e. The summed E-state index contributed by atoms with van der Waals surface area (Å²) in [7, 11) is 0. The fourth-order valence-corrected chi connectivity index (χ4v) is 4.47. The van der Waals surface area contributed by atoms with Crippen LogP contribution in [0.4, 0.5) is 5.82 Å². The summed E-state index contributed by atoms with van der Waals surface area (Å²) in [5, 5.41) is 5.79. The maximum atomic E-state index is 12.3. The van der Waals surface area contributed by atoms with Crippen LogP contribution in [0.3, 0.4) is 0 Å². The Kier molecular flexibility index (Phi) is 8.55. The number of rotatable bonds is 10. The highest BCUT2D eigenvalue weighted by Crippen LogP contribution is 2.19. The quantitative estimate of drug-likeness (QED) is 0.311. The molecule has 5 rings (SSSR count). The van der Waals surface area contributed by atoms with E-state index in [1.165, 1.54) is 16.3 Å². The summed E-state index contributed by atoms with van der Waals surface area (Å²) in [6.07, 6.45) is 3.92. The van der Waals surface area contributed by atoms with Crippen LogP contribution in [0.25, 0.3) is 22.0 Å². The van der Waals surface area contributed by atoms with Gasteiger partial charge in [0, 0.05) is 31.7 Å². The first-order valence-corrected chi connectivity index (χ1v) is 13.0. The summed E-state index contributed by atoms with van der Waals surface area (Å²) in [5.74, 6) is 0.344. The van der Waals surface area contributed by atoms with Gasteiger partial charge in [0.15, 0.2) is 0 Å². The lowest BCUT2D eigenvalue weighted by atomic mass is 10.0. The second kappa shape index (κ2) is 12.6. The van der Waals surface area contributed by atoms with Crippen molar-refractivity contribution in [2.45, 2.75) is 19.0 Å². The molecule has 0 radical (unpaired) electrons. The number of carbonyl (C=O) groups is 1. The number of fused-ring (bicyclic) bond motifs is 1. The third-order valence-corrected chi connectivity index (χ3v) is 6.70. The first-order chi connectivity index (χ1) is 18.6. The van der Waals surface area contributed by atoms with Crippen LogP contribution in [0.5, 0.6) is 0 Å². The Hall–Kier alpha value is -3.85. The zero-order chi connectivity index (χ0) is 26.2. The summed E-state index contributed by atoms with van der Waals surface area (Å²) in [5.41, 5.74) is 9.97. The number of hydrogen-bond acceptors (Lipinski definition) is 8. The van der Waals surface area contributed by atoms with Crippen molar-refractivity contribution in [1.29, 1.82) is 0 Å². The van der Waals surface area contributed by atoms with Gasteiger partial charge in [-0.15, -0.1) is 0 Å². The number of benzene rings is 3. The van der Waals surface area contributed by atoms with Crippen LogP contribution in [0.2, 0.25) is 0 Å². The Bertz CT molecular complexity index is 1340. The van der Waals surface area contributed by atoms with Crippen molar-refractivity contribution < 1.29 is 14.3 Å². The highest BCUT2D eigenvalue weighted by Gasteiger charge is 2.17. The molecule has 196 valence electrons. The minimum Gasteiger partial charge on any atom is -0.463 e. The van der Waals surface area contributed by atoms with E-state index in [1.807, 2.05) is 36.4 Å². The van der Waals surface area contributed by atoms with E-state index in [0.717, 1.165) is 48.9 Å². The van der Waals surface area contributed by atoms with Crippen molar-refractivity contribution in [3.8, 4) is 11.3 Å². The van der Waals surface area contributed by atoms with Crippen molar-refractivity contribution in [3.05, 3.63) is 90.3 Å². The summed E-state index contributed by atoms with van der Waals surface area (Å²) in [6, 6.07) is 21.9. The number of anilines is 1. The van der Waals surface area contributed by atoms with E-state index in [2.05, 4.69) is 50.5 Å². The SMILES string of the molecule is NC(Cc1ccc(-c2cnc(NCc3ccc4ccccc4c3)cn2)cc1)C(=O)OCCN1CCOCC1. The summed E-state index contributed by atoms with van der Waals surface area (Å²) in [4.78, 5) is 23.6. The van der Waals surface area contributed by atoms with Gasteiger partial charge in [-0.3, -0.25) is 14.7 Å². The summed E-state index contributed by atoms with van der Waals surface area (Å²) < 4.78 is 10.7. The number of nitrogens with two attached hydrogens (primary N) is 1. The predicted octanol–water partition coefficient (Wildman–Crippen LogP) is 3.65. The minimum atomic E-state index is -0.696. The minimum absolute atomic E-state index is 0.344. The third kappa shape index (κ3) is 6.92. The number of morpholine rings is 1. The van der Waals surface area contributed by atoms with Gasteiger partial charge in [-0.2, -0.15) is 0 Å². The molecule has 1 unspecified atom stereocenters. The molecular formula is C30H33N5O3. The number of carbonyl (C=O) groups excluding carboxylic acids is 1. The number of nitrogens with one attached hydrogen (secondary N) is 1. The molecule has 8 heteroatoms. The molecule has 3 aromatic carbocycles. The smallest absolute Gasteiger partial charge is 0.323 e. The molecule has 1 aliphatic heterocycles. The second-order valence-corrected chi connectivity index (χ2v) is 9.45. The van der Waals surface area contributed by atoms with E-state index < -0.39 is 6.04 Å². The summed E-state index contributed by atoms with van der Waals surface area (Å²) >= 11 is 0. The molecule has 0 aliphatic carbocycles. The number of ether oxygens (including phenoxy) is 2. The van der Waals surface area contributed by atoms with Gasteiger partial charge in [-0.1, -0.05) is 60.7 Å². The van der Waals surface area contributed by atoms with Gasteiger partial charge in [0.1, 0.15) is 18.5 Å². The number of hydrogen-bond donors (Lipinski definition) is 2. The topological polar surface area (TPSA) is 103 Å². The molecule has 4 aromatic rings. The monoisotopic (exact) mass is 511 g/mol. The van der Waals surface area contributed by atoms with Crippen molar-refractivity contribution >= 4 is 22.6 Å². The fourth-order valence-electron chi connectivity index (χ4n) is 4.47.